The van der Waals surface area contributed by atoms with Crippen molar-refractivity contribution in [3.63, 3.8) is 0 Å². The van der Waals surface area contributed by atoms with E-state index in [2.05, 4.69) is 32.0 Å². The first-order valence-corrected chi connectivity index (χ1v) is 9.57. The number of amides is 1. The Labute approximate surface area is 155 Å². The van der Waals surface area contributed by atoms with E-state index >= 15 is 0 Å². The number of rotatable bonds is 6. The molecule has 0 radical (unpaired) electrons. The SMILES string of the molecule is CCN1CCN(C(=O)c2cc(NCCN3CCOCC3)nc(C)n2)CC1. The molecule has 2 saturated heterocycles. The molecule has 1 aromatic rings. The molecule has 144 valence electrons. The average Bonchev–Trinajstić information content (AvgIpc) is 2.68. The van der Waals surface area contributed by atoms with E-state index in [1.807, 2.05) is 11.8 Å². The summed E-state index contributed by atoms with van der Waals surface area (Å²) < 4.78 is 5.37. The first-order chi connectivity index (χ1) is 12.7. The van der Waals surface area contributed by atoms with E-state index in [-0.39, 0.29) is 5.91 Å². The highest BCUT2D eigenvalue weighted by Gasteiger charge is 2.23. The Bertz CT molecular complexity index is 597. The molecule has 2 aliphatic rings. The average molecular weight is 362 g/mol. The molecule has 2 fully saturated rings. The number of hydrogen-bond donors (Lipinski definition) is 1. The van der Waals surface area contributed by atoms with Crippen molar-refractivity contribution in [2.24, 2.45) is 0 Å². The third-order valence-electron chi connectivity index (χ3n) is 5.00. The van der Waals surface area contributed by atoms with E-state index in [1.54, 1.807) is 6.07 Å². The Morgan fingerprint density at radius 1 is 1.12 bits per heavy atom. The lowest BCUT2D eigenvalue weighted by Gasteiger charge is -2.33. The smallest absolute Gasteiger partial charge is 0.272 e. The van der Waals surface area contributed by atoms with E-state index in [0.717, 1.165) is 77.9 Å². The number of likely N-dealkylation sites (N-methyl/N-ethyl adjacent to an activating group) is 1. The summed E-state index contributed by atoms with van der Waals surface area (Å²) in [5.74, 6) is 1.35. The summed E-state index contributed by atoms with van der Waals surface area (Å²) in [5, 5.41) is 3.33. The van der Waals surface area contributed by atoms with Gasteiger partial charge < -0.3 is 19.9 Å². The fourth-order valence-corrected chi connectivity index (χ4v) is 3.36. The molecule has 2 aliphatic heterocycles. The predicted octanol–water partition coefficient (Wildman–Crippen LogP) is 0.307. The second-order valence-electron chi connectivity index (χ2n) is 6.79. The normalized spacial score (nSPS) is 19.5. The number of piperazine rings is 1. The van der Waals surface area contributed by atoms with E-state index in [4.69, 9.17) is 4.74 Å². The molecule has 3 rings (SSSR count). The van der Waals surface area contributed by atoms with Crippen molar-refractivity contribution < 1.29 is 9.53 Å². The summed E-state index contributed by atoms with van der Waals surface area (Å²) in [5.41, 5.74) is 0.483. The monoisotopic (exact) mass is 362 g/mol. The number of ether oxygens (including phenoxy) is 1. The quantitative estimate of drug-likeness (QED) is 0.780. The molecule has 1 amide bonds. The first-order valence-electron chi connectivity index (χ1n) is 9.57. The van der Waals surface area contributed by atoms with Crippen molar-refractivity contribution in [1.82, 2.24) is 24.7 Å². The molecular weight excluding hydrogens is 332 g/mol. The van der Waals surface area contributed by atoms with Crippen LogP contribution in [0.2, 0.25) is 0 Å². The standard InChI is InChI=1S/C18H30N6O2/c1-3-22-6-8-24(9-7-22)18(25)16-14-17(21-15(2)20-16)19-4-5-23-10-12-26-13-11-23/h14H,3-13H2,1-2H3,(H,19,20,21). The minimum absolute atomic E-state index is 0.00230. The fraction of sp³-hybridized carbons (Fsp3) is 0.722. The Hall–Kier alpha value is -1.77. The Morgan fingerprint density at radius 2 is 1.85 bits per heavy atom. The summed E-state index contributed by atoms with van der Waals surface area (Å²) in [6.45, 7) is 13.7. The van der Waals surface area contributed by atoms with Gasteiger partial charge in [0.25, 0.3) is 5.91 Å². The van der Waals surface area contributed by atoms with Gasteiger partial charge in [0.15, 0.2) is 0 Å². The van der Waals surface area contributed by atoms with Gasteiger partial charge in [-0.2, -0.15) is 0 Å². The zero-order chi connectivity index (χ0) is 18.4. The van der Waals surface area contributed by atoms with Crippen molar-refractivity contribution in [3.8, 4) is 0 Å². The number of anilines is 1. The minimum atomic E-state index is 0.00230. The molecule has 8 nitrogen and oxygen atoms in total. The molecule has 0 aromatic carbocycles. The van der Waals surface area contributed by atoms with Crippen molar-refractivity contribution in [1.29, 1.82) is 0 Å². The van der Waals surface area contributed by atoms with E-state index in [9.17, 15) is 4.79 Å². The summed E-state index contributed by atoms with van der Waals surface area (Å²) in [6, 6.07) is 1.78. The minimum Gasteiger partial charge on any atom is -0.379 e. The van der Waals surface area contributed by atoms with Crippen molar-refractivity contribution in [2.75, 3.05) is 77.4 Å². The van der Waals surface area contributed by atoms with Crippen LogP contribution in [0, 0.1) is 6.92 Å². The maximum absolute atomic E-state index is 12.8. The highest BCUT2D eigenvalue weighted by Crippen LogP contribution is 2.11. The third kappa shape index (κ3) is 5.12. The number of nitrogens with zero attached hydrogens (tertiary/aromatic N) is 5. The number of aryl methyl sites for hydroxylation is 1. The van der Waals surface area contributed by atoms with Crippen LogP contribution in [0.4, 0.5) is 5.82 Å². The lowest BCUT2D eigenvalue weighted by atomic mass is 10.2. The van der Waals surface area contributed by atoms with Gasteiger partial charge in [-0.05, 0) is 13.5 Å². The summed E-state index contributed by atoms with van der Waals surface area (Å²) in [6.07, 6.45) is 0. The molecule has 0 saturated carbocycles. The van der Waals surface area contributed by atoms with Crippen LogP contribution in [0.5, 0.6) is 0 Å². The maximum atomic E-state index is 12.8. The van der Waals surface area contributed by atoms with Gasteiger partial charge in [-0.3, -0.25) is 9.69 Å². The second-order valence-corrected chi connectivity index (χ2v) is 6.79. The third-order valence-corrected chi connectivity index (χ3v) is 5.00. The van der Waals surface area contributed by atoms with Crippen LogP contribution in [0.3, 0.4) is 0 Å². The van der Waals surface area contributed by atoms with Gasteiger partial charge in [-0.15, -0.1) is 0 Å². The number of carbonyl (C=O) groups is 1. The van der Waals surface area contributed by atoms with E-state index in [1.165, 1.54) is 0 Å². The van der Waals surface area contributed by atoms with Gasteiger partial charge in [0.05, 0.1) is 13.2 Å². The van der Waals surface area contributed by atoms with E-state index < -0.39 is 0 Å². The lowest BCUT2D eigenvalue weighted by Crippen LogP contribution is -2.48. The Morgan fingerprint density at radius 3 is 2.54 bits per heavy atom. The van der Waals surface area contributed by atoms with Gasteiger partial charge in [0, 0.05) is 58.4 Å². The number of carbonyl (C=O) groups excluding carboxylic acids is 1. The maximum Gasteiger partial charge on any atom is 0.272 e. The topological polar surface area (TPSA) is 73.8 Å². The van der Waals surface area contributed by atoms with Crippen molar-refractivity contribution >= 4 is 11.7 Å². The molecule has 0 unspecified atom stereocenters. The number of aromatic nitrogens is 2. The summed E-state index contributed by atoms with van der Waals surface area (Å²) >= 11 is 0. The van der Waals surface area contributed by atoms with Crippen molar-refractivity contribution in [2.45, 2.75) is 13.8 Å². The molecule has 0 bridgehead atoms. The van der Waals surface area contributed by atoms with Gasteiger partial charge in [-0.1, -0.05) is 6.92 Å². The zero-order valence-corrected chi connectivity index (χ0v) is 15.9. The van der Waals surface area contributed by atoms with Gasteiger partial charge in [-0.25, -0.2) is 9.97 Å². The molecule has 0 atom stereocenters. The molecule has 0 aliphatic carbocycles. The summed E-state index contributed by atoms with van der Waals surface area (Å²) in [7, 11) is 0. The molecule has 1 aromatic heterocycles. The number of morpholine rings is 1. The van der Waals surface area contributed by atoms with Gasteiger partial charge >= 0.3 is 0 Å². The van der Waals surface area contributed by atoms with Gasteiger partial charge in [0.1, 0.15) is 17.3 Å². The van der Waals surface area contributed by atoms with Crippen LogP contribution in [0.15, 0.2) is 6.07 Å². The Kier molecular flexibility index (Phi) is 6.76. The van der Waals surface area contributed by atoms with E-state index in [0.29, 0.717) is 11.5 Å². The number of nitrogens with one attached hydrogen (secondary N) is 1. The molecule has 1 N–H and O–H groups in total. The molecular formula is C18H30N6O2. The molecule has 3 heterocycles. The molecule has 26 heavy (non-hydrogen) atoms. The first kappa shape index (κ1) is 19.0. The second kappa shape index (κ2) is 9.25. The lowest BCUT2D eigenvalue weighted by molar-refractivity contribution is 0.0398. The molecule has 8 heteroatoms. The predicted molar refractivity (Wildman–Crippen MR) is 101 cm³/mol. The fourth-order valence-electron chi connectivity index (χ4n) is 3.36. The van der Waals surface area contributed by atoms with Crippen LogP contribution >= 0.6 is 0 Å². The van der Waals surface area contributed by atoms with Crippen LogP contribution in [0.25, 0.3) is 0 Å². The van der Waals surface area contributed by atoms with Crippen molar-refractivity contribution in [3.05, 3.63) is 17.6 Å². The van der Waals surface area contributed by atoms with Crippen LogP contribution in [-0.2, 0) is 4.74 Å². The van der Waals surface area contributed by atoms with Crippen LogP contribution < -0.4 is 5.32 Å². The zero-order valence-electron chi connectivity index (χ0n) is 15.9. The highest BCUT2D eigenvalue weighted by atomic mass is 16.5. The number of hydrogen-bond acceptors (Lipinski definition) is 7. The largest absolute Gasteiger partial charge is 0.379 e. The van der Waals surface area contributed by atoms with Crippen LogP contribution in [0.1, 0.15) is 23.2 Å². The Balaban J connectivity index is 1.55. The van der Waals surface area contributed by atoms with Gasteiger partial charge in [0.2, 0.25) is 0 Å². The van der Waals surface area contributed by atoms with Crippen LogP contribution in [-0.4, -0.2) is 103 Å². The molecule has 0 spiro atoms. The summed E-state index contributed by atoms with van der Waals surface area (Å²) in [4.78, 5) is 28.2. The highest BCUT2D eigenvalue weighted by molar-refractivity contribution is 5.93.